The maximum Gasteiger partial charge on any atom is 0.418 e. The van der Waals surface area contributed by atoms with Crippen molar-refractivity contribution in [3.63, 3.8) is 0 Å². The molecule has 4 rings (SSSR count). The van der Waals surface area contributed by atoms with Crippen molar-refractivity contribution in [2.75, 3.05) is 35.9 Å². The third-order valence-electron chi connectivity index (χ3n) is 5.94. The van der Waals surface area contributed by atoms with Crippen LogP contribution in [0.5, 0.6) is 0 Å². The smallest absolute Gasteiger partial charge is 0.395 e. The lowest BCUT2D eigenvalue weighted by atomic mass is 9.96. The standard InChI is InChI=1S/C24H26F3N5O3S.ClH/c1-15-5-3-6-16(2)22(15)23-18(24(25,26)27)9-10-19(29-23)31-36(34,35)21-8-4-7-20(30-21)32-12-11-28-17(13-32)14-33;/h3-10,17,28,33H,11-14H2,1-2H3,(H,29,31);1H/t17-;/m0./s1. The van der Waals surface area contributed by atoms with Crippen molar-refractivity contribution in [2.45, 2.75) is 31.1 Å². The van der Waals surface area contributed by atoms with Gasteiger partial charge in [0.15, 0.2) is 5.03 Å². The molecule has 2 aromatic heterocycles. The molecule has 0 aliphatic carbocycles. The van der Waals surface area contributed by atoms with Gasteiger partial charge >= 0.3 is 6.18 Å². The van der Waals surface area contributed by atoms with Crippen molar-refractivity contribution in [2.24, 2.45) is 0 Å². The van der Waals surface area contributed by atoms with Gasteiger partial charge in [0.1, 0.15) is 11.6 Å². The van der Waals surface area contributed by atoms with Crippen LogP contribution in [0.25, 0.3) is 11.3 Å². The quantitative estimate of drug-likeness (QED) is 0.423. The van der Waals surface area contributed by atoms with Crippen LogP contribution in [0.2, 0.25) is 0 Å². The van der Waals surface area contributed by atoms with E-state index in [0.29, 0.717) is 42.1 Å². The number of rotatable bonds is 6. The largest absolute Gasteiger partial charge is 0.418 e. The molecule has 3 aromatic rings. The first-order valence-corrected chi connectivity index (χ1v) is 12.7. The lowest BCUT2D eigenvalue weighted by molar-refractivity contribution is -0.137. The Hall–Kier alpha value is -2.93. The van der Waals surface area contributed by atoms with Crippen LogP contribution in [-0.2, 0) is 16.2 Å². The average Bonchev–Trinajstić information content (AvgIpc) is 2.83. The van der Waals surface area contributed by atoms with Crippen LogP contribution >= 0.6 is 12.4 Å². The zero-order chi connectivity index (χ0) is 26.1. The van der Waals surface area contributed by atoms with E-state index in [2.05, 4.69) is 20.0 Å². The number of aromatic nitrogens is 2. The number of piperazine rings is 1. The number of halogens is 4. The maximum absolute atomic E-state index is 13.8. The zero-order valence-electron chi connectivity index (χ0n) is 20.1. The van der Waals surface area contributed by atoms with Crippen molar-refractivity contribution in [3.8, 4) is 11.3 Å². The first kappa shape index (κ1) is 28.6. The molecule has 0 bridgehead atoms. The van der Waals surface area contributed by atoms with Crippen molar-refractivity contribution < 1.29 is 26.7 Å². The van der Waals surface area contributed by atoms with Crippen molar-refractivity contribution in [1.29, 1.82) is 0 Å². The van der Waals surface area contributed by atoms with Crippen molar-refractivity contribution >= 4 is 34.1 Å². The van der Waals surface area contributed by atoms with Gasteiger partial charge in [-0.1, -0.05) is 24.3 Å². The Morgan fingerprint density at radius 3 is 2.41 bits per heavy atom. The number of nitrogens with zero attached hydrogens (tertiary/aromatic N) is 3. The minimum Gasteiger partial charge on any atom is -0.395 e. The van der Waals surface area contributed by atoms with E-state index in [0.717, 1.165) is 12.1 Å². The summed E-state index contributed by atoms with van der Waals surface area (Å²) < 4.78 is 69.9. The van der Waals surface area contributed by atoms with E-state index in [1.54, 1.807) is 38.1 Å². The Morgan fingerprint density at radius 2 is 1.76 bits per heavy atom. The summed E-state index contributed by atoms with van der Waals surface area (Å²) in [7, 11) is -4.26. The van der Waals surface area contributed by atoms with Gasteiger partial charge in [-0.3, -0.25) is 4.72 Å². The highest BCUT2D eigenvalue weighted by Crippen LogP contribution is 2.39. The summed E-state index contributed by atoms with van der Waals surface area (Å²) in [6.45, 7) is 4.89. The van der Waals surface area contributed by atoms with Gasteiger partial charge in [0.2, 0.25) is 0 Å². The van der Waals surface area contributed by atoms with Gasteiger partial charge < -0.3 is 15.3 Å². The molecule has 0 amide bonds. The SMILES string of the molecule is Cc1cccc(C)c1-c1nc(NS(=O)(=O)c2cccc(N3CCN[C@H](CO)C3)n2)ccc1C(F)(F)F.Cl. The highest BCUT2D eigenvalue weighted by molar-refractivity contribution is 7.92. The molecule has 8 nitrogen and oxygen atoms in total. The number of nitrogens with one attached hydrogen (secondary N) is 2. The highest BCUT2D eigenvalue weighted by atomic mass is 35.5. The van der Waals surface area contributed by atoms with Crippen LogP contribution < -0.4 is 14.9 Å². The fourth-order valence-corrected chi connectivity index (χ4v) is 5.16. The Bertz CT molecular complexity index is 1350. The second kappa shape index (κ2) is 11.2. The molecule has 0 unspecified atom stereocenters. The van der Waals surface area contributed by atoms with Crippen LogP contribution in [0.3, 0.4) is 0 Å². The number of aryl methyl sites for hydroxylation is 2. The van der Waals surface area contributed by atoms with Crippen LogP contribution in [0, 0.1) is 13.8 Å². The van der Waals surface area contributed by atoms with E-state index in [1.807, 2.05) is 4.90 Å². The molecule has 37 heavy (non-hydrogen) atoms. The van der Waals surface area contributed by atoms with Gasteiger partial charge in [-0.05, 0) is 49.2 Å². The molecule has 1 aromatic carbocycles. The molecular formula is C24H27ClF3N5O3S. The van der Waals surface area contributed by atoms with E-state index in [1.165, 1.54) is 12.1 Å². The highest BCUT2D eigenvalue weighted by Gasteiger charge is 2.35. The summed E-state index contributed by atoms with van der Waals surface area (Å²) >= 11 is 0. The molecule has 1 saturated heterocycles. The molecule has 0 saturated carbocycles. The van der Waals surface area contributed by atoms with Crippen LogP contribution in [0.1, 0.15) is 16.7 Å². The zero-order valence-corrected chi connectivity index (χ0v) is 21.7. The Labute approximate surface area is 219 Å². The number of sulfonamides is 1. The number of benzene rings is 1. The van der Waals surface area contributed by atoms with Crippen LogP contribution in [-0.4, -0.2) is 55.8 Å². The van der Waals surface area contributed by atoms with Crippen LogP contribution in [0.4, 0.5) is 24.8 Å². The molecule has 1 aliphatic rings. The number of alkyl halides is 3. The molecule has 0 radical (unpaired) electrons. The van der Waals surface area contributed by atoms with Gasteiger partial charge in [0.05, 0.1) is 17.9 Å². The normalized spacial score (nSPS) is 16.3. The minimum absolute atomic E-state index is 0. The topological polar surface area (TPSA) is 107 Å². The van der Waals surface area contributed by atoms with Gasteiger partial charge in [-0.15, -0.1) is 12.4 Å². The van der Waals surface area contributed by atoms with Gasteiger partial charge in [0.25, 0.3) is 10.0 Å². The lowest BCUT2D eigenvalue weighted by Gasteiger charge is -2.33. The summed E-state index contributed by atoms with van der Waals surface area (Å²) in [4.78, 5) is 10.2. The first-order chi connectivity index (χ1) is 17.0. The van der Waals surface area contributed by atoms with Gasteiger partial charge in [-0.25, -0.2) is 9.97 Å². The Morgan fingerprint density at radius 1 is 1.08 bits per heavy atom. The monoisotopic (exact) mass is 557 g/mol. The molecule has 1 fully saturated rings. The molecule has 1 aliphatic heterocycles. The molecule has 1 atom stereocenters. The van der Waals surface area contributed by atoms with Gasteiger partial charge in [0, 0.05) is 31.2 Å². The maximum atomic E-state index is 13.8. The summed E-state index contributed by atoms with van der Waals surface area (Å²) in [6.07, 6.45) is -4.68. The summed E-state index contributed by atoms with van der Waals surface area (Å²) in [5.41, 5.74) is 0.151. The summed E-state index contributed by atoms with van der Waals surface area (Å²) in [5.74, 6) is 0.157. The number of anilines is 2. The molecule has 0 spiro atoms. The number of aliphatic hydroxyl groups excluding tert-OH is 1. The predicted octanol–water partition coefficient (Wildman–Crippen LogP) is 3.77. The minimum atomic E-state index is -4.68. The molecular weight excluding hydrogens is 531 g/mol. The fraction of sp³-hybridized carbons (Fsp3) is 0.333. The van der Waals surface area contributed by atoms with Crippen LogP contribution in [0.15, 0.2) is 53.6 Å². The second-order valence-electron chi connectivity index (χ2n) is 8.58. The number of hydrogen-bond acceptors (Lipinski definition) is 7. The van der Waals surface area contributed by atoms with Crippen molar-refractivity contribution in [1.82, 2.24) is 15.3 Å². The van der Waals surface area contributed by atoms with Crippen molar-refractivity contribution in [3.05, 3.63) is 65.2 Å². The van der Waals surface area contributed by atoms with E-state index < -0.39 is 21.8 Å². The molecule has 13 heteroatoms. The van der Waals surface area contributed by atoms with E-state index >= 15 is 0 Å². The predicted molar refractivity (Wildman–Crippen MR) is 138 cm³/mol. The number of pyridine rings is 2. The number of hydrogen-bond donors (Lipinski definition) is 3. The molecule has 3 N–H and O–H groups in total. The number of aliphatic hydroxyl groups is 1. The summed E-state index contributed by atoms with van der Waals surface area (Å²) in [5, 5.41) is 12.3. The van der Waals surface area contributed by atoms with Gasteiger partial charge in [-0.2, -0.15) is 21.6 Å². The third kappa shape index (κ3) is 6.32. The first-order valence-electron chi connectivity index (χ1n) is 11.2. The molecule has 200 valence electrons. The average molecular weight is 558 g/mol. The van der Waals surface area contributed by atoms with E-state index in [4.69, 9.17) is 0 Å². The third-order valence-corrected chi connectivity index (χ3v) is 7.20. The summed E-state index contributed by atoms with van der Waals surface area (Å²) in [6, 6.07) is 11.2. The van der Waals surface area contributed by atoms with E-state index in [9.17, 15) is 26.7 Å². The Kier molecular flexibility index (Phi) is 8.68. The van der Waals surface area contributed by atoms with E-state index in [-0.39, 0.29) is 41.6 Å². The Balaban J connectivity index is 0.00000380. The molecule has 3 heterocycles. The lowest BCUT2D eigenvalue weighted by Crippen LogP contribution is -2.52. The fourth-order valence-electron chi connectivity index (χ4n) is 4.20. The second-order valence-corrected chi connectivity index (χ2v) is 10.2.